The minimum absolute atomic E-state index is 0.116. The van der Waals surface area contributed by atoms with Crippen LogP contribution in [0, 0.1) is 5.82 Å². The highest BCUT2D eigenvalue weighted by atomic mass is 32.2. The third kappa shape index (κ3) is 3.28. The van der Waals surface area contributed by atoms with Crippen LogP contribution < -0.4 is 9.75 Å². The van der Waals surface area contributed by atoms with Crippen molar-refractivity contribution >= 4 is 17.7 Å². The highest BCUT2D eigenvalue weighted by molar-refractivity contribution is 7.99. The molecule has 0 aliphatic carbocycles. The van der Waals surface area contributed by atoms with Crippen LogP contribution in [0.25, 0.3) is 0 Å². The molecule has 0 fully saturated rings. The molecular formula is C18H15FN4O2S. The van der Waals surface area contributed by atoms with Crippen molar-refractivity contribution in [1.82, 2.24) is 14.9 Å². The lowest BCUT2D eigenvalue weighted by Gasteiger charge is -2.29. The predicted octanol–water partition coefficient (Wildman–Crippen LogP) is 2.88. The van der Waals surface area contributed by atoms with Crippen molar-refractivity contribution in [3.05, 3.63) is 71.8 Å². The summed E-state index contributed by atoms with van der Waals surface area (Å²) in [5.74, 6) is 1.34. The van der Waals surface area contributed by atoms with Crippen LogP contribution in [0.3, 0.4) is 0 Å². The number of aromatic nitrogens is 3. The topological polar surface area (TPSA) is 60.3 Å². The fourth-order valence-corrected chi connectivity index (χ4v) is 3.51. The van der Waals surface area contributed by atoms with Gasteiger partial charge in [-0.2, -0.15) is 0 Å². The summed E-state index contributed by atoms with van der Waals surface area (Å²) in [6.45, 7) is 0.671. The van der Waals surface area contributed by atoms with Crippen molar-refractivity contribution in [1.29, 1.82) is 0 Å². The minimum atomic E-state index is -0.326. The molecule has 2 aromatic carbocycles. The van der Waals surface area contributed by atoms with Crippen molar-refractivity contribution < 1.29 is 13.9 Å². The number of carbonyl (C=O) groups excluding carboxylic acids is 1. The first-order valence-corrected chi connectivity index (χ1v) is 9.03. The molecule has 1 aliphatic rings. The highest BCUT2D eigenvalue weighted by Gasteiger charge is 2.28. The molecule has 0 saturated carbocycles. The van der Waals surface area contributed by atoms with Crippen LogP contribution in [-0.4, -0.2) is 33.1 Å². The number of hydrogen-bond acceptors (Lipinski definition) is 5. The van der Waals surface area contributed by atoms with Gasteiger partial charge < -0.3 is 4.74 Å². The average molecular weight is 370 g/mol. The van der Waals surface area contributed by atoms with Gasteiger partial charge in [0.25, 0.3) is 5.91 Å². The Balaban J connectivity index is 1.58. The monoisotopic (exact) mass is 370 g/mol. The normalized spacial score (nSPS) is 13.3. The van der Waals surface area contributed by atoms with E-state index in [1.54, 1.807) is 34.0 Å². The molecule has 0 N–H and O–H groups in total. The zero-order valence-corrected chi connectivity index (χ0v) is 14.5. The van der Waals surface area contributed by atoms with Crippen molar-refractivity contribution in [3.8, 4) is 5.75 Å². The van der Waals surface area contributed by atoms with Crippen LogP contribution in [-0.2, 0) is 6.61 Å². The van der Waals surface area contributed by atoms with E-state index in [0.29, 0.717) is 28.8 Å². The van der Waals surface area contributed by atoms with Crippen molar-refractivity contribution in [3.63, 3.8) is 0 Å². The van der Waals surface area contributed by atoms with E-state index >= 15 is 0 Å². The van der Waals surface area contributed by atoms with Crippen LogP contribution in [0.2, 0.25) is 0 Å². The molecule has 4 rings (SSSR count). The molecule has 1 amide bonds. The number of ether oxygens (including phenoxy) is 1. The number of hydrogen-bond donors (Lipinski definition) is 0. The third-order valence-electron chi connectivity index (χ3n) is 3.89. The first-order chi connectivity index (χ1) is 12.7. The Hall–Kier alpha value is -2.87. The molecule has 0 atom stereocenters. The van der Waals surface area contributed by atoms with Gasteiger partial charge in [0.2, 0.25) is 5.16 Å². The number of benzene rings is 2. The number of nitrogens with zero attached hydrogens (tertiary/aromatic N) is 4. The third-order valence-corrected chi connectivity index (χ3v) is 4.79. The van der Waals surface area contributed by atoms with Gasteiger partial charge in [-0.1, -0.05) is 30.0 Å². The van der Waals surface area contributed by atoms with Crippen molar-refractivity contribution in [2.45, 2.75) is 11.8 Å². The SMILES string of the molecule is O=C(c1ccccc1)N1CCSc2nnc(COc3ccc(F)cc3)n21. The summed E-state index contributed by atoms with van der Waals surface area (Å²) in [4.78, 5) is 12.9. The zero-order valence-electron chi connectivity index (χ0n) is 13.7. The Morgan fingerprint density at radius 1 is 1.12 bits per heavy atom. The Labute approximate surface area is 153 Å². The number of thioether (sulfide) groups is 1. The predicted molar refractivity (Wildman–Crippen MR) is 95.3 cm³/mol. The molecular weight excluding hydrogens is 355 g/mol. The lowest BCUT2D eigenvalue weighted by Crippen LogP contribution is -2.45. The summed E-state index contributed by atoms with van der Waals surface area (Å²) >= 11 is 1.54. The molecule has 0 radical (unpaired) electrons. The van der Waals surface area contributed by atoms with E-state index in [1.807, 2.05) is 18.2 Å². The first kappa shape index (κ1) is 16.6. The van der Waals surface area contributed by atoms with E-state index in [4.69, 9.17) is 4.74 Å². The lowest BCUT2D eigenvalue weighted by molar-refractivity contribution is 0.0952. The Bertz CT molecular complexity index is 915. The van der Waals surface area contributed by atoms with Gasteiger partial charge in [-0.05, 0) is 36.4 Å². The van der Waals surface area contributed by atoms with E-state index in [1.165, 1.54) is 23.9 Å². The molecule has 0 saturated heterocycles. The summed E-state index contributed by atoms with van der Waals surface area (Å²) in [6.07, 6.45) is 0. The van der Waals surface area contributed by atoms with Gasteiger partial charge in [0.1, 0.15) is 18.2 Å². The van der Waals surface area contributed by atoms with Gasteiger partial charge in [0, 0.05) is 11.3 Å². The highest BCUT2D eigenvalue weighted by Crippen LogP contribution is 2.24. The second-order valence-electron chi connectivity index (χ2n) is 5.60. The van der Waals surface area contributed by atoms with Crippen LogP contribution in [0.15, 0.2) is 59.8 Å². The molecule has 3 aromatic rings. The van der Waals surface area contributed by atoms with Crippen LogP contribution in [0.5, 0.6) is 5.75 Å². The maximum absolute atomic E-state index is 13.0. The minimum Gasteiger partial charge on any atom is -0.486 e. The molecule has 26 heavy (non-hydrogen) atoms. The maximum atomic E-state index is 13.0. The molecule has 2 heterocycles. The quantitative estimate of drug-likeness (QED) is 0.707. The Morgan fingerprint density at radius 3 is 2.65 bits per heavy atom. The maximum Gasteiger partial charge on any atom is 0.272 e. The largest absolute Gasteiger partial charge is 0.486 e. The molecule has 0 unspecified atom stereocenters. The summed E-state index contributed by atoms with van der Waals surface area (Å²) in [7, 11) is 0. The van der Waals surface area contributed by atoms with Crippen LogP contribution in [0.1, 0.15) is 16.2 Å². The number of amides is 1. The van der Waals surface area contributed by atoms with Crippen LogP contribution >= 0.6 is 11.8 Å². The molecule has 1 aliphatic heterocycles. The number of rotatable bonds is 4. The Morgan fingerprint density at radius 2 is 1.88 bits per heavy atom. The standard InChI is InChI=1S/C18H15FN4O2S/c19-14-6-8-15(9-7-14)25-12-16-20-21-18-23(16)22(10-11-26-18)17(24)13-4-2-1-3-5-13/h1-9H,10-12H2. The lowest BCUT2D eigenvalue weighted by atomic mass is 10.2. The molecule has 132 valence electrons. The summed E-state index contributed by atoms with van der Waals surface area (Å²) in [5.41, 5.74) is 0.601. The van der Waals surface area contributed by atoms with Crippen molar-refractivity contribution in [2.75, 3.05) is 17.3 Å². The molecule has 8 heteroatoms. The van der Waals surface area contributed by atoms with Gasteiger partial charge in [-0.3, -0.25) is 4.79 Å². The fourth-order valence-electron chi connectivity index (χ4n) is 2.64. The number of fused-ring (bicyclic) bond motifs is 1. The smallest absolute Gasteiger partial charge is 0.272 e. The van der Waals surface area contributed by atoms with Gasteiger partial charge >= 0.3 is 0 Å². The molecule has 0 spiro atoms. The summed E-state index contributed by atoms with van der Waals surface area (Å²) in [5, 5.41) is 10.6. The van der Waals surface area contributed by atoms with Gasteiger partial charge in [-0.15, -0.1) is 10.2 Å². The van der Waals surface area contributed by atoms with Crippen molar-refractivity contribution in [2.24, 2.45) is 0 Å². The second-order valence-corrected chi connectivity index (χ2v) is 6.66. The van der Waals surface area contributed by atoms with Gasteiger partial charge in [0.05, 0.1) is 6.54 Å². The second kappa shape index (κ2) is 7.17. The van der Waals surface area contributed by atoms with E-state index in [-0.39, 0.29) is 18.3 Å². The zero-order chi connectivity index (χ0) is 17.9. The number of halogens is 1. The number of carbonyl (C=O) groups is 1. The summed E-state index contributed by atoms with van der Waals surface area (Å²) < 4.78 is 20.4. The van der Waals surface area contributed by atoms with E-state index in [0.717, 1.165) is 5.75 Å². The molecule has 6 nitrogen and oxygen atoms in total. The molecule has 0 bridgehead atoms. The van der Waals surface area contributed by atoms with Crippen LogP contribution in [0.4, 0.5) is 4.39 Å². The average Bonchev–Trinajstić information content (AvgIpc) is 3.11. The Kier molecular flexibility index (Phi) is 4.57. The van der Waals surface area contributed by atoms with E-state index in [2.05, 4.69) is 10.2 Å². The van der Waals surface area contributed by atoms with E-state index < -0.39 is 0 Å². The first-order valence-electron chi connectivity index (χ1n) is 8.05. The fraction of sp³-hybridized carbons (Fsp3) is 0.167. The molecule has 1 aromatic heterocycles. The van der Waals surface area contributed by atoms with Gasteiger partial charge in [0.15, 0.2) is 5.82 Å². The summed E-state index contributed by atoms with van der Waals surface area (Å²) in [6, 6.07) is 14.8. The van der Waals surface area contributed by atoms with E-state index in [9.17, 15) is 9.18 Å². The van der Waals surface area contributed by atoms with Gasteiger partial charge in [-0.25, -0.2) is 14.1 Å².